The summed E-state index contributed by atoms with van der Waals surface area (Å²) in [4.78, 5) is 14.3. The van der Waals surface area contributed by atoms with Crippen molar-refractivity contribution in [2.24, 2.45) is 0 Å². The maximum Gasteiger partial charge on any atom is 0.228 e. The zero-order chi connectivity index (χ0) is 15.8. The Balaban J connectivity index is 2.13. The van der Waals surface area contributed by atoms with Crippen LogP contribution in [0.2, 0.25) is 0 Å². The standard InChI is InChI=1S/C18H34N2O2/c1-16-12-8-4-3-7-11-15-19(16)17-13-9-5-2-6-10-14-18(17)20(21)22/h16-18H,2-15H2,1H3. The van der Waals surface area contributed by atoms with Crippen LogP contribution in [0.4, 0.5) is 0 Å². The number of hydrogen-bond acceptors (Lipinski definition) is 3. The minimum absolute atomic E-state index is 0.0371. The molecule has 0 N–H and O–H groups in total. The van der Waals surface area contributed by atoms with Crippen molar-refractivity contribution in [2.45, 2.75) is 109 Å². The maximum atomic E-state index is 11.7. The van der Waals surface area contributed by atoms with Gasteiger partial charge >= 0.3 is 0 Å². The largest absolute Gasteiger partial charge is 0.291 e. The Morgan fingerprint density at radius 3 is 2.05 bits per heavy atom. The first-order chi connectivity index (χ1) is 10.7. The summed E-state index contributed by atoms with van der Waals surface area (Å²) < 4.78 is 0. The van der Waals surface area contributed by atoms with Crippen LogP contribution in [-0.2, 0) is 0 Å². The zero-order valence-corrected chi connectivity index (χ0v) is 14.3. The van der Waals surface area contributed by atoms with E-state index >= 15 is 0 Å². The monoisotopic (exact) mass is 310 g/mol. The highest BCUT2D eigenvalue weighted by Gasteiger charge is 2.37. The quantitative estimate of drug-likeness (QED) is 0.544. The van der Waals surface area contributed by atoms with Gasteiger partial charge in [0.05, 0.1) is 6.04 Å². The topological polar surface area (TPSA) is 46.4 Å². The van der Waals surface area contributed by atoms with Crippen molar-refractivity contribution in [1.82, 2.24) is 4.90 Å². The lowest BCUT2D eigenvalue weighted by Gasteiger charge is -2.37. The highest BCUT2D eigenvalue weighted by Crippen LogP contribution is 2.27. The predicted molar refractivity (Wildman–Crippen MR) is 90.8 cm³/mol. The van der Waals surface area contributed by atoms with Gasteiger partial charge in [-0.15, -0.1) is 0 Å². The van der Waals surface area contributed by atoms with Gasteiger partial charge in [-0.3, -0.25) is 15.0 Å². The van der Waals surface area contributed by atoms with Crippen LogP contribution in [-0.4, -0.2) is 34.5 Å². The lowest BCUT2D eigenvalue weighted by molar-refractivity contribution is -0.532. The Morgan fingerprint density at radius 2 is 1.36 bits per heavy atom. The molecule has 2 fully saturated rings. The van der Waals surface area contributed by atoms with Crippen molar-refractivity contribution in [1.29, 1.82) is 0 Å². The van der Waals surface area contributed by atoms with E-state index in [9.17, 15) is 10.1 Å². The second kappa shape index (κ2) is 9.49. The molecule has 0 aromatic heterocycles. The molecular formula is C18H34N2O2. The third kappa shape index (κ3) is 5.22. The molecule has 0 amide bonds. The van der Waals surface area contributed by atoms with Crippen LogP contribution in [0.1, 0.15) is 90.4 Å². The molecule has 0 radical (unpaired) electrons. The molecule has 1 saturated carbocycles. The molecule has 4 nitrogen and oxygen atoms in total. The fourth-order valence-corrected chi connectivity index (χ4v) is 4.40. The molecule has 128 valence electrons. The van der Waals surface area contributed by atoms with Crippen LogP contribution in [0, 0.1) is 10.1 Å². The molecule has 4 heteroatoms. The van der Waals surface area contributed by atoms with Gasteiger partial charge in [-0.1, -0.05) is 51.4 Å². The first kappa shape index (κ1) is 17.7. The van der Waals surface area contributed by atoms with Crippen LogP contribution in [0.25, 0.3) is 0 Å². The molecule has 1 saturated heterocycles. The fourth-order valence-electron chi connectivity index (χ4n) is 4.40. The third-order valence-corrected chi connectivity index (χ3v) is 5.75. The van der Waals surface area contributed by atoms with E-state index in [-0.39, 0.29) is 17.0 Å². The van der Waals surface area contributed by atoms with E-state index in [0.29, 0.717) is 6.04 Å². The Morgan fingerprint density at radius 1 is 0.818 bits per heavy atom. The molecule has 1 aliphatic heterocycles. The molecule has 1 heterocycles. The maximum absolute atomic E-state index is 11.7. The van der Waals surface area contributed by atoms with Gasteiger partial charge in [-0.2, -0.15) is 0 Å². The summed E-state index contributed by atoms with van der Waals surface area (Å²) in [5.41, 5.74) is 0. The lowest BCUT2D eigenvalue weighted by atomic mass is 9.95. The van der Waals surface area contributed by atoms with E-state index in [4.69, 9.17) is 0 Å². The van der Waals surface area contributed by atoms with Crippen LogP contribution in [0.3, 0.4) is 0 Å². The first-order valence-corrected chi connectivity index (χ1v) is 9.59. The van der Waals surface area contributed by atoms with Crippen molar-refractivity contribution >= 4 is 0 Å². The number of nitrogens with zero attached hydrogens (tertiary/aromatic N) is 2. The molecule has 3 atom stereocenters. The van der Waals surface area contributed by atoms with Crippen molar-refractivity contribution in [2.75, 3.05) is 6.54 Å². The van der Waals surface area contributed by atoms with Crippen LogP contribution >= 0.6 is 0 Å². The molecule has 0 aromatic rings. The van der Waals surface area contributed by atoms with Gasteiger partial charge in [0.25, 0.3) is 0 Å². The Kier molecular flexibility index (Phi) is 7.64. The summed E-state index contributed by atoms with van der Waals surface area (Å²) in [5.74, 6) is 0. The highest BCUT2D eigenvalue weighted by molar-refractivity contribution is 4.84. The predicted octanol–water partition coefficient (Wildman–Crippen LogP) is 4.79. The van der Waals surface area contributed by atoms with Gasteiger partial charge in [0.1, 0.15) is 0 Å². The van der Waals surface area contributed by atoms with Gasteiger partial charge in [-0.25, -0.2) is 0 Å². The van der Waals surface area contributed by atoms with E-state index in [1.807, 2.05) is 0 Å². The van der Waals surface area contributed by atoms with Gasteiger partial charge < -0.3 is 0 Å². The lowest BCUT2D eigenvalue weighted by Crippen LogP contribution is -2.51. The molecule has 2 aliphatic rings. The molecule has 22 heavy (non-hydrogen) atoms. The second-order valence-electron chi connectivity index (χ2n) is 7.41. The van der Waals surface area contributed by atoms with Crippen molar-refractivity contribution < 1.29 is 4.92 Å². The highest BCUT2D eigenvalue weighted by atomic mass is 16.6. The molecular weight excluding hydrogens is 276 g/mol. The van der Waals surface area contributed by atoms with Crippen LogP contribution < -0.4 is 0 Å². The number of nitro groups is 1. The average Bonchev–Trinajstić information content (AvgIpc) is 2.67. The molecule has 0 bridgehead atoms. The molecule has 0 aromatic carbocycles. The Labute approximate surface area is 135 Å². The third-order valence-electron chi connectivity index (χ3n) is 5.75. The van der Waals surface area contributed by atoms with Crippen molar-refractivity contribution in [3.8, 4) is 0 Å². The smallest absolute Gasteiger partial charge is 0.228 e. The van der Waals surface area contributed by atoms with E-state index in [2.05, 4.69) is 11.8 Å². The van der Waals surface area contributed by atoms with Crippen LogP contribution in [0.5, 0.6) is 0 Å². The average molecular weight is 310 g/mol. The van der Waals surface area contributed by atoms with Crippen molar-refractivity contribution in [3.63, 3.8) is 0 Å². The molecule has 2 rings (SSSR count). The summed E-state index contributed by atoms with van der Waals surface area (Å²) in [6, 6.07) is 0.328. The van der Waals surface area contributed by atoms with E-state index in [1.54, 1.807) is 0 Å². The number of rotatable bonds is 2. The zero-order valence-electron chi connectivity index (χ0n) is 14.3. The SMILES string of the molecule is CC1CCCCCCCN1C1CCCCCCCC1[N+](=O)[O-]. The van der Waals surface area contributed by atoms with Crippen molar-refractivity contribution in [3.05, 3.63) is 10.1 Å². The fraction of sp³-hybridized carbons (Fsp3) is 1.00. The second-order valence-corrected chi connectivity index (χ2v) is 7.41. The summed E-state index contributed by atoms with van der Waals surface area (Å²) in [6.07, 6.45) is 15.4. The summed E-state index contributed by atoms with van der Waals surface area (Å²) in [7, 11) is 0. The normalized spacial score (nSPS) is 33.6. The van der Waals surface area contributed by atoms with E-state index < -0.39 is 0 Å². The van der Waals surface area contributed by atoms with Gasteiger partial charge in [0.2, 0.25) is 6.04 Å². The van der Waals surface area contributed by atoms with Crippen LogP contribution in [0.15, 0.2) is 0 Å². The van der Waals surface area contributed by atoms with Gasteiger partial charge in [0.15, 0.2) is 0 Å². The Bertz CT molecular complexity index is 335. The van der Waals surface area contributed by atoms with E-state index in [1.165, 1.54) is 57.8 Å². The Hall–Kier alpha value is -0.640. The molecule has 3 unspecified atom stereocenters. The first-order valence-electron chi connectivity index (χ1n) is 9.59. The van der Waals surface area contributed by atoms with Gasteiger partial charge in [-0.05, 0) is 39.2 Å². The number of hydrogen-bond donors (Lipinski definition) is 0. The minimum Gasteiger partial charge on any atom is -0.291 e. The summed E-state index contributed by atoms with van der Waals surface area (Å²) in [6.45, 7) is 3.37. The minimum atomic E-state index is -0.346. The summed E-state index contributed by atoms with van der Waals surface area (Å²) in [5, 5.41) is 11.7. The molecule has 0 spiro atoms. The summed E-state index contributed by atoms with van der Waals surface area (Å²) >= 11 is 0. The van der Waals surface area contributed by atoms with Gasteiger partial charge in [0, 0.05) is 17.4 Å². The van der Waals surface area contributed by atoms with E-state index in [0.717, 1.165) is 32.2 Å². The molecule has 1 aliphatic carbocycles.